The number of phosphoric acid groups is 1. The summed E-state index contributed by atoms with van der Waals surface area (Å²) in [5, 5.41) is 0. The first-order valence-electron chi connectivity index (χ1n) is 1.75. The fraction of sp³-hybridized carbons (Fsp3) is 0.500. The van der Waals surface area contributed by atoms with Gasteiger partial charge in [-0.3, -0.25) is 0 Å². The van der Waals surface area contributed by atoms with Crippen LogP contribution in [0.5, 0.6) is 0 Å². The highest BCUT2D eigenvalue weighted by atomic mass is 31.2. The van der Waals surface area contributed by atoms with E-state index in [1.807, 2.05) is 0 Å². The van der Waals surface area contributed by atoms with Gasteiger partial charge in [-0.2, -0.15) is 0 Å². The summed E-state index contributed by atoms with van der Waals surface area (Å²) in [7, 11) is -4.33. The van der Waals surface area contributed by atoms with E-state index in [4.69, 9.17) is 0 Å². The molecule has 0 bridgehead atoms. The predicted molar refractivity (Wildman–Crippen MR) is 21.1 cm³/mol. The van der Waals surface area contributed by atoms with Crippen molar-refractivity contribution < 1.29 is 28.4 Å². The molecule has 9 heavy (non-hydrogen) atoms. The molecule has 54 valence electrons. The summed E-state index contributed by atoms with van der Waals surface area (Å²) in [6.07, 6.45) is -1.52. The summed E-state index contributed by atoms with van der Waals surface area (Å²) in [6, 6.07) is 0. The summed E-state index contributed by atoms with van der Waals surface area (Å²) >= 11 is 0. The van der Waals surface area contributed by atoms with E-state index in [1.54, 1.807) is 0 Å². The lowest BCUT2D eigenvalue weighted by Crippen LogP contribution is -2.19. The highest BCUT2D eigenvalue weighted by Crippen LogP contribution is 2.24. The lowest BCUT2D eigenvalue weighted by Gasteiger charge is -2.26. The van der Waals surface area contributed by atoms with Gasteiger partial charge in [-0.25, -0.2) is 4.79 Å². The third-order valence-corrected chi connectivity index (χ3v) is 0.726. The van der Waals surface area contributed by atoms with E-state index in [1.165, 1.54) is 0 Å². The molecule has 0 aliphatic carbocycles. The van der Waals surface area contributed by atoms with Crippen molar-refractivity contribution in [3.05, 3.63) is 0 Å². The Morgan fingerprint density at radius 2 is 2.00 bits per heavy atom. The van der Waals surface area contributed by atoms with Crippen LogP contribution >= 0.6 is 7.82 Å². The van der Waals surface area contributed by atoms with Crippen LogP contribution in [0.15, 0.2) is 0 Å². The molecule has 7 heteroatoms. The first-order chi connectivity index (χ1) is 3.95. The molecule has 0 amide bonds. The van der Waals surface area contributed by atoms with Gasteiger partial charge in [0.2, 0.25) is 0 Å². The van der Waals surface area contributed by atoms with Gasteiger partial charge < -0.3 is 23.6 Å². The van der Waals surface area contributed by atoms with Crippen LogP contribution in [0.3, 0.4) is 0 Å². The molecule has 0 aromatic carbocycles. The third kappa shape index (κ3) is 5.29. The lowest BCUT2D eigenvalue weighted by molar-refractivity contribution is -0.337. The molecule has 0 atom stereocenters. The van der Waals surface area contributed by atoms with E-state index in [2.05, 4.69) is 9.26 Å². The van der Waals surface area contributed by atoms with E-state index < -0.39 is 14.0 Å². The number of methoxy groups -OCH3 is 1. The van der Waals surface area contributed by atoms with E-state index in [-0.39, 0.29) is 0 Å². The Balaban J connectivity index is 3.75. The number of hydrogen-bond donors (Lipinski definition) is 0. The fourth-order valence-electron chi connectivity index (χ4n) is 0.129. The zero-order valence-corrected chi connectivity index (χ0v) is 5.29. The van der Waals surface area contributed by atoms with Crippen molar-refractivity contribution in [3.8, 4) is 0 Å². The topological polar surface area (TPSA) is 98.7 Å². The molecule has 0 saturated heterocycles. The molecular formula is C2H3O6P-2. The maximum Gasteiger partial charge on any atom is 0.511 e. The summed E-state index contributed by atoms with van der Waals surface area (Å²) in [4.78, 5) is 28.9. The van der Waals surface area contributed by atoms with Crippen LogP contribution in [0, 0.1) is 0 Å². The monoisotopic (exact) mass is 154 g/mol. The minimum Gasteiger partial charge on any atom is -0.780 e. The van der Waals surface area contributed by atoms with Crippen LogP contribution in [0.4, 0.5) is 4.79 Å². The highest BCUT2D eigenvalue weighted by Gasteiger charge is 2.01. The molecule has 0 rings (SSSR count). The second kappa shape index (κ2) is 2.82. The molecule has 0 heterocycles. The molecule has 0 aromatic rings. The van der Waals surface area contributed by atoms with Crippen LogP contribution in [-0.4, -0.2) is 13.3 Å². The number of carbonyl (C=O) groups excluding carboxylic acids is 1. The molecule has 6 nitrogen and oxygen atoms in total. The number of carbonyl (C=O) groups is 1. The van der Waals surface area contributed by atoms with Crippen LogP contribution < -0.4 is 9.79 Å². The van der Waals surface area contributed by atoms with Crippen molar-refractivity contribution in [3.63, 3.8) is 0 Å². The van der Waals surface area contributed by atoms with Crippen molar-refractivity contribution in [2.75, 3.05) is 7.11 Å². The van der Waals surface area contributed by atoms with Crippen LogP contribution in [0.1, 0.15) is 0 Å². The van der Waals surface area contributed by atoms with Gasteiger partial charge in [-0.05, 0) is 0 Å². The maximum atomic E-state index is 9.81. The number of hydrogen-bond acceptors (Lipinski definition) is 6. The van der Waals surface area contributed by atoms with Gasteiger partial charge in [0.05, 0.1) is 7.11 Å². The number of rotatable bonds is 1. The first kappa shape index (κ1) is 8.42. The molecule has 0 fully saturated rings. The van der Waals surface area contributed by atoms with Gasteiger partial charge in [0.15, 0.2) is 0 Å². The SMILES string of the molecule is COC(=O)OP(=O)([O-])[O-]. The molecule has 0 saturated carbocycles. The molecule has 0 aromatic heterocycles. The van der Waals surface area contributed by atoms with E-state index in [0.29, 0.717) is 0 Å². The van der Waals surface area contributed by atoms with Crippen molar-refractivity contribution >= 4 is 14.0 Å². The smallest absolute Gasteiger partial charge is 0.511 e. The van der Waals surface area contributed by atoms with Crippen molar-refractivity contribution in [2.45, 2.75) is 0 Å². The van der Waals surface area contributed by atoms with Gasteiger partial charge >= 0.3 is 6.16 Å². The zero-order chi connectivity index (χ0) is 7.49. The predicted octanol–water partition coefficient (Wildman–Crippen LogP) is -1.40. The second-order valence-corrected chi connectivity index (χ2v) is 2.07. The largest absolute Gasteiger partial charge is 0.780 e. The summed E-state index contributed by atoms with van der Waals surface area (Å²) in [5.74, 6) is 0. The maximum absolute atomic E-state index is 9.81. The summed E-state index contributed by atoms with van der Waals surface area (Å²) in [6.45, 7) is 0. The van der Waals surface area contributed by atoms with Crippen LogP contribution in [0.2, 0.25) is 0 Å². The molecule has 0 aliphatic heterocycles. The standard InChI is InChI=1S/C2H5O6P/c1-7-2(3)8-9(4,5)6/h1H3,(H2,4,5,6)/p-2. The third-order valence-electron chi connectivity index (χ3n) is 0.353. The quantitative estimate of drug-likeness (QED) is 0.340. The Bertz CT molecular complexity index is 145. The average Bonchev–Trinajstić information content (AvgIpc) is 1.62. The van der Waals surface area contributed by atoms with Gasteiger partial charge in [-0.1, -0.05) is 0 Å². The summed E-state index contributed by atoms with van der Waals surface area (Å²) in [5.41, 5.74) is 0. The number of ether oxygens (including phenoxy) is 1. The minimum absolute atomic E-state index is 0.887. The zero-order valence-electron chi connectivity index (χ0n) is 4.40. The van der Waals surface area contributed by atoms with Gasteiger partial charge in [0, 0.05) is 0 Å². The molecular weight excluding hydrogens is 151 g/mol. The Morgan fingerprint density at radius 1 is 1.56 bits per heavy atom. The van der Waals surface area contributed by atoms with Crippen LogP contribution in [0.25, 0.3) is 0 Å². The molecule has 0 aliphatic rings. The van der Waals surface area contributed by atoms with E-state index >= 15 is 0 Å². The van der Waals surface area contributed by atoms with Crippen molar-refractivity contribution in [2.24, 2.45) is 0 Å². The molecule has 0 spiro atoms. The normalized spacial score (nSPS) is 10.6. The molecule has 0 N–H and O–H groups in total. The molecule has 0 unspecified atom stereocenters. The Labute approximate surface area is 50.6 Å². The Morgan fingerprint density at radius 3 is 2.11 bits per heavy atom. The van der Waals surface area contributed by atoms with Gasteiger partial charge in [-0.15, -0.1) is 0 Å². The Hall–Kier alpha value is -0.580. The number of phosphoric ester groups is 1. The minimum atomic E-state index is -5.21. The van der Waals surface area contributed by atoms with Crippen molar-refractivity contribution in [1.29, 1.82) is 0 Å². The summed E-state index contributed by atoms with van der Waals surface area (Å²) < 4.78 is 16.4. The fourth-order valence-corrected chi connectivity index (χ4v) is 0.386. The average molecular weight is 154 g/mol. The lowest BCUT2D eigenvalue weighted by atomic mass is 11.4. The second-order valence-electron chi connectivity index (χ2n) is 0.993. The first-order valence-corrected chi connectivity index (χ1v) is 3.21. The van der Waals surface area contributed by atoms with Crippen molar-refractivity contribution in [1.82, 2.24) is 0 Å². The molecule has 0 radical (unpaired) electrons. The van der Waals surface area contributed by atoms with Gasteiger partial charge in [0.1, 0.15) is 7.82 Å². The Kier molecular flexibility index (Phi) is 2.64. The highest BCUT2D eigenvalue weighted by molar-refractivity contribution is 7.43. The van der Waals surface area contributed by atoms with Gasteiger partial charge in [0.25, 0.3) is 0 Å². The van der Waals surface area contributed by atoms with Crippen LogP contribution in [-0.2, 0) is 13.8 Å². The van der Waals surface area contributed by atoms with E-state index in [0.717, 1.165) is 7.11 Å². The van der Waals surface area contributed by atoms with E-state index in [9.17, 15) is 19.1 Å².